The molecule has 3 atom stereocenters. The molecular weight excluding hydrogens is 430 g/mol. The van der Waals surface area contributed by atoms with Gasteiger partial charge in [0.1, 0.15) is 5.82 Å². The van der Waals surface area contributed by atoms with Crippen LogP contribution in [0.4, 0.5) is 10.6 Å². The van der Waals surface area contributed by atoms with Crippen molar-refractivity contribution < 1.29 is 4.79 Å². The number of urea groups is 1. The quantitative estimate of drug-likeness (QED) is 0.589. The van der Waals surface area contributed by atoms with Gasteiger partial charge in [0.25, 0.3) is 0 Å². The zero-order chi connectivity index (χ0) is 23.9. The van der Waals surface area contributed by atoms with Crippen molar-refractivity contribution >= 4 is 11.8 Å². The Morgan fingerprint density at radius 3 is 2.44 bits per heavy atom. The summed E-state index contributed by atoms with van der Waals surface area (Å²) in [6, 6.07) is 9.55. The molecule has 1 aliphatic carbocycles. The van der Waals surface area contributed by atoms with E-state index in [-0.39, 0.29) is 17.3 Å². The third-order valence-electron chi connectivity index (χ3n) is 7.71. The van der Waals surface area contributed by atoms with Crippen molar-refractivity contribution in [1.82, 2.24) is 24.7 Å². The Hall–Kier alpha value is -2.75. The van der Waals surface area contributed by atoms with E-state index in [1.54, 1.807) is 17.2 Å². The van der Waals surface area contributed by atoms with E-state index < -0.39 is 5.69 Å². The minimum Gasteiger partial charge on any atom is -0.330 e. The van der Waals surface area contributed by atoms with Gasteiger partial charge in [-0.1, -0.05) is 26.0 Å². The zero-order valence-electron chi connectivity index (χ0n) is 20.0. The van der Waals surface area contributed by atoms with Crippen molar-refractivity contribution in [3.63, 3.8) is 0 Å². The molecule has 3 fully saturated rings. The fourth-order valence-corrected chi connectivity index (χ4v) is 5.66. The first-order chi connectivity index (χ1) is 16.4. The number of amides is 2. The maximum absolute atomic E-state index is 12.7. The smallest absolute Gasteiger partial charge is 0.330 e. The van der Waals surface area contributed by atoms with Gasteiger partial charge in [-0.15, -0.1) is 0 Å². The summed E-state index contributed by atoms with van der Waals surface area (Å²) in [5, 5.41) is 5.94. The summed E-state index contributed by atoms with van der Waals surface area (Å²) in [7, 11) is 0. The third kappa shape index (κ3) is 4.60. The maximum Gasteiger partial charge on any atom is 0.354 e. The van der Waals surface area contributed by atoms with E-state index in [1.807, 2.05) is 12.1 Å². The van der Waals surface area contributed by atoms with Gasteiger partial charge in [0, 0.05) is 57.4 Å². The van der Waals surface area contributed by atoms with Crippen LogP contribution in [0.2, 0.25) is 0 Å². The van der Waals surface area contributed by atoms with Crippen LogP contribution in [0.15, 0.2) is 41.3 Å². The van der Waals surface area contributed by atoms with E-state index in [4.69, 9.17) is 5.73 Å². The lowest BCUT2D eigenvalue weighted by Gasteiger charge is -2.32. The van der Waals surface area contributed by atoms with E-state index >= 15 is 0 Å². The highest BCUT2D eigenvalue weighted by Crippen LogP contribution is 2.51. The number of likely N-dealkylation sites (tertiary alicyclic amines) is 1. The van der Waals surface area contributed by atoms with Crippen molar-refractivity contribution in [2.45, 2.75) is 19.3 Å². The molecule has 2 saturated heterocycles. The number of aromatic nitrogens is 2. The summed E-state index contributed by atoms with van der Waals surface area (Å²) in [6.45, 7) is 11.5. The number of piperazine rings is 1. The molecule has 2 amide bonds. The van der Waals surface area contributed by atoms with E-state index in [0.717, 1.165) is 62.7 Å². The van der Waals surface area contributed by atoms with Crippen LogP contribution in [0.5, 0.6) is 0 Å². The summed E-state index contributed by atoms with van der Waals surface area (Å²) in [6.07, 6.45) is 1.66. The number of hydrogen-bond donors (Lipinski definition) is 3. The Morgan fingerprint density at radius 2 is 1.82 bits per heavy atom. The molecule has 1 unspecified atom stereocenters. The van der Waals surface area contributed by atoms with Gasteiger partial charge in [-0.25, -0.2) is 9.59 Å². The molecular formula is C25H35N7O2. The van der Waals surface area contributed by atoms with Gasteiger partial charge < -0.3 is 20.9 Å². The molecule has 182 valence electrons. The Balaban J connectivity index is 1.22. The van der Waals surface area contributed by atoms with Gasteiger partial charge in [-0.3, -0.25) is 9.88 Å². The molecule has 9 heteroatoms. The molecule has 5 rings (SSSR count). The Morgan fingerprint density at radius 1 is 1.15 bits per heavy atom. The summed E-state index contributed by atoms with van der Waals surface area (Å²) in [4.78, 5) is 33.4. The van der Waals surface area contributed by atoms with Crippen molar-refractivity contribution in [1.29, 1.82) is 0 Å². The van der Waals surface area contributed by atoms with Crippen LogP contribution >= 0.6 is 0 Å². The first-order valence-corrected chi connectivity index (χ1v) is 12.3. The van der Waals surface area contributed by atoms with E-state index in [9.17, 15) is 9.59 Å². The number of piperidine rings is 1. The number of nitrogens with one attached hydrogen (secondary N) is 2. The lowest BCUT2D eigenvalue weighted by atomic mass is 9.84. The number of hydrogen-bond acceptors (Lipinski definition) is 6. The summed E-state index contributed by atoms with van der Waals surface area (Å²) in [5.41, 5.74) is 7.44. The largest absolute Gasteiger partial charge is 0.354 e. The first-order valence-electron chi connectivity index (χ1n) is 12.3. The number of fused-ring (bicyclic) bond motifs is 1. The molecule has 9 nitrogen and oxygen atoms in total. The highest BCUT2D eigenvalue weighted by molar-refractivity contribution is 5.88. The van der Waals surface area contributed by atoms with E-state index in [1.165, 1.54) is 10.1 Å². The molecule has 3 heterocycles. The number of carbonyl (C=O) groups excluding carboxylic acids is 1. The first kappa shape index (κ1) is 23.0. The lowest BCUT2D eigenvalue weighted by Crippen LogP contribution is -2.48. The molecule has 3 aliphatic rings. The van der Waals surface area contributed by atoms with Crippen molar-refractivity contribution in [3.05, 3.63) is 52.6 Å². The second-order valence-corrected chi connectivity index (χ2v) is 10.5. The number of benzene rings is 1. The normalized spacial score (nSPS) is 24.7. The number of nitrogens with two attached hydrogens (primary N) is 1. The molecule has 2 aliphatic heterocycles. The molecule has 2 aromatic rings. The standard InChI is InChI=1S/C25H35N7O2/c1-25(2,16-30-14-20-19(13-26)21(20)15-30)17-3-5-18(6-4-17)32-10-7-22(29-24(32)34)28-23(33)31-11-8-27-9-12-31/h3-7,10,19-21,27H,8-9,11-16,26H2,1-2H3,(H,28,29,33,34)/t19?,20-,21+. The van der Waals surface area contributed by atoms with E-state index in [0.29, 0.717) is 13.1 Å². The minimum absolute atomic E-state index is 0.00877. The number of rotatable bonds is 6. The molecule has 0 bridgehead atoms. The van der Waals surface area contributed by atoms with Gasteiger partial charge in [0.15, 0.2) is 0 Å². The highest BCUT2D eigenvalue weighted by Gasteiger charge is 2.54. The van der Waals surface area contributed by atoms with Gasteiger partial charge in [-0.05, 0) is 48.1 Å². The molecule has 1 aromatic heterocycles. The van der Waals surface area contributed by atoms with Crippen LogP contribution in [-0.2, 0) is 5.41 Å². The Labute approximate surface area is 200 Å². The number of anilines is 1. The topological polar surface area (TPSA) is 109 Å². The summed E-state index contributed by atoms with van der Waals surface area (Å²) in [5.74, 6) is 2.61. The average molecular weight is 466 g/mol. The van der Waals surface area contributed by atoms with Crippen molar-refractivity contribution in [2.24, 2.45) is 23.5 Å². The molecule has 34 heavy (non-hydrogen) atoms. The van der Waals surface area contributed by atoms with Gasteiger partial charge in [0.05, 0.1) is 5.69 Å². The molecule has 1 saturated carbocycles. The van der Waals surface area contributed by atoms with Gasteiger partial charge >= 0.3 is 11.7 Å². The fraction of sp³-hybridized carbons (Fsp3) is 0.560. The van der Waals surface area contributed by atoms with Gasteiger partial charge in [-0.2, -0.15) is 4.98 Å². The van der Waals surface area contributed by atoms with Crippen LogP contribution in [0.25, 0.3) is 5.69 Å². The maximum atomic E-state index is 12.7. The summed E-state index contributed by atoms with van der Waals surface area (Å²) >= 11 is 0. The van der Waals surface area contributed by atoms with Crippen LogP contribution in [0, 0.1) is 17.8 Å². The third-order valence-corrected chi connectivity index (χ3v) is 7.71. The second-order valence-electron chi connectivity index (χ2n) is 10.5. The monoisotopic (exact) mass is 465 g/mol. The molecule has 1 aromatic carbocycles. The Kier molecular flexibility index (Phi) is 6.18. The number of carbonyl (C=O) groups is 1. The van der Waals surface area contributed by atoms with Crippen molar-refractivity contribution in [2.75, 3.05) is 57.7 Å². The van der Waals surface area contributed by atoms with Crippen LogP contribution < -0.4 is 22.1 Å². The SMILES string of the molecule is CC(C)(CN1C[C@@H]2C(CN)[C@@H]2C1)c1ccc(-n2ccc(NC(=O)N3CCNCC3)nc2=O)cc1. The predicted octanol–water partition coefficient (Wildman–Crippen LogP) is 1.08. The highest BCUT2D eigenvalue weighted by atomic mass is 16.2. The number of nitrogens with zero attached hydrogens (tertiary/aromatic N) is 4. The Bertz CT molecular complexity index is 1080. The second kappa shape index (κ2) is 9.13. The van der Waals surface area contributed by atoms with E-state index in [2.05, 4.69) is 46.5 Å². The minimum atomic E-state index is -0.420. The zero-order valence-corrected chi connectivity index (χ0v) is 20.0. The van der Waals surface area contributed by atoms with Gasteiger partial charge in [0.2, 0.25) is 0 Å². The van der Waals surface area contributed by atoms with Crippen molar-refractivity contribution in [3.8, 4) is 5.69 Å². The van der Waals surface area contributed by atoms with Crippen LogP contribution in [0.1, 0.15) is 19.4 Å². The molecule has 0 spiro atoms. The lowest BCUT2D eigenvalue weighted by molar-refractivity contribution is 0.204. The molecule has 4 N–H and O–H groups in total. The predicted molar refractivity (Wildman–Crippen MR) is 132 cm³/mol. The van der Waals surface area contributed by atoms with Crippen LogP contribution in [-0.4, -0.2) is 77.7 Å². The fourth-order valence-electron chi connectivity index (χ4n) is 5.66. The van der Waals surface area contributed by atoms with Crippen LogP contribution in [0.3, 0.4) is 0 Å². The molecule has 0 radical (unpaired) electrons. The summed E-state index contributed by atoms with van der Waals surface area (Å²) < 4.78 is 1.50. The average Bonchev–Trinajstić information content (AvgIpc) is 3.32.